The van der Waals surface area contributed by atoms with E-state index in [1.807, 2.05) is 12.1 Å². The van der Waals surface area contributed by atoms with Crippen molar-refractivity contribution < 1.29 is 9.53 Å². The quantitative estimate of drug-likeness (QED) is 0.780. The topological polar surface area (TPSA) is 29.5 Å². The first-order chi connectivity index (χ1) is 9.19. The number of hydrogen-bond acceptors (Lipinski definition) is 3. The molecule has 2 rings (SSSR count). The minimum Gasteiger partial charge on any atom is -0.465 e. The van der Waals surface area contributed by atoms with Gasteiger partial charge in [-0.1, -0.05) is 30.4 Å². The first-order valence-electron chi connectivity index (χ1n) is 6.43. The van der Waals surface area contributed by atoms with Crippen molar-refractivity contribution in [3.63, 3.8) is 0 Å². The predicted octanol–water partition coefficient (Wildman–Crippen LogP) is 2.75. The molecular formula is C16H19NO2. The Kier molecular flexibility index (Phi) is 4.53. The fourth-order valence-electron chi connectivity index (χ4n) is 1.99. The number of allylic oxidation sites excluding steroid dienone is 1. The number of methoxy groups -OCH3 is 1. The smallest absolute Gasteiger partial charge is 0.337 e. The van der Waals surface area contributed by atoms with Crippen LogP contribution in [0.1, 0.15) is 22.3 Å². The van der Waals surface area contributed by atoms with Crippen molar-refractivity contribution in [2.24, 2.45) is 0 Å². The molecular weight excluding hydrogens is 238 g/mol. The highest BCUT2D eigenvalue weighted by Gasteiger charge is 2.05. The van der Waals surface area contributed by atoms with E-state index in [-0.39, 0.29) is 5.97 Å². The third-order valence-electron chi connectivity index (χ3n) is 3.27. The number of ether oxygens (including phenoxy) is 1. The second kappa shape index (κ2) is 6.34. The molecule has 1 aliphatic heterocycles. The van der Waals surface area contributed by atoms with Crippen LogP contribution in [0.4, 0.5) is 0 Å². The lowest BCUT2D eigenvalue weighted by Crippen LogP contribution is -2.23. The van der Waals surface area contributed by atoms with Gasteiger partial charge in [-0.05, 0) is 36.7 Å². The predicted molar refractivity (Wildman–Crippen MR) is 77.0 cm³/mol. The van der Waals surface area contributed by atoms with Crippen LogP contribution in [0, 0.1) is 0 Å². The number of hydrogen-bond donors (Lipinski definition) is 0. The van der Waals surface area contributed by atoms with Crippen molar-refractivity contribution in [3.8, 4) is 0 Å². The highest BCUT2D eigenvalue weighted by molar-refractivity contribution is 5.89. The summed E-state index contributed by atoms with van der Waals surface area (Å²) in [5, 5.41) is 0. The van der Waals surface area contributed by atoms with Crippen LogP contribution in [-0.4, -0.2) is 38.1 Å². The molecule has 19 heavy (non-hydrogen) atoms. The van der Waals surface area contributed by atoms with E-state index in [9.17, 15) is 4.79 Å². The van der Waals surface area contributed by atoms with Crippen LogP contribution in [0.15, 0.2) is 42.0 Å². The molecule has 0 fully saturated rings. The summed E-state index contributed by atoms with van der Waals surface area (Å²) < 4.78 is 4.67. The molecule has 0 saturated heterocycles. The number of nitrogens with zero attached hydrogens (tertiary/aromatic N) is 1. The molecule has 0 saturated carbocycles. The minimum atomic E-state index is -0.298. The van der Waals surface area contributed by atoms with Gasteiger partial charge in [0.05, 0.1) is 12.7 Å². The largest absolute Gasteiger partial charge is 0.465 e. The molecule has 0 bridgehead atoms. The maximum Gasteiger partial charge on any atom is 0.337 e. The van der Waals surface area contributed by atoms with Crippen LogP contribution in [0.5, 0.6) is 0 Å². The van der Waals surface area contributed by atoms with Gasteiger partial charge < -0.3 is 9.64 Å². The lowest BCUT2D eigenvalue weighted by molar-refractivity contribution is 0.0601. The molecule has 0 unspecified atom stereocenters. The Balaban J connectivity index is 2.01. The molecule has 0 spiro atoms. The third-order valence-corrected chi connectivity index (χ3v) is 3.27. The standard InChI is InChI=1S/C16H19NO2/c1-17-11-9-14(10-12-17)4-3-13-5-7-15(8-6-13)16(18)19-2/h3-9H,10-12H2,1-2H3. The van der Waals surface area contributed by atoms with Gasteiger partial charge in [0.1, 0.15) is 0 Å². The van der Waals surface area contributed by atoms with E-state index in [1.54, 1.807) is 12.1 Å². The number of rotatable bonds is 3. The zero-order chi connectivity index (χ0) is 13.7. The summed E-state index contributed by atoms with van der Waals surface area (Å²) in [6, 6.07) is 7.43. The second-order valence-electron chi connectivity index (χ2n) is 4.74. The Morgan fingerprint density at radius 3 is 2.58 bits per heavy atom. The molecule has 1 aromatic rings. The second-order valence-corrected chi connectivity index (χ2v) is 4.74. The Morgan fingerprint density at radius 2 is 2.00 bits per heavy atom. The molecule has 100 valence electrons. The molecule has 0 radical (unpaired) electrons. The minimum absolute atomic E-state index is 0.298. The Labute approximate surface area is 114 Å². The zero-order valence-corrected chi connectivity index (χ0v) is 11.4. The van der Waals surface area contributed by atoms with E-state index in [4.69, 9.17) is 0 Å². The molecule has 0 N–H and O–H groups in total. The van der Waals surface area contributed by atoms with E-state index in [0.29, 0.717) is 5.56 Å². The normalized spacial score (nSPS) is 16.4. The van der Waals surface area contributed by atoms with E-state index in [1.165, 1.54) is 12.7 Å². The van der Waals surface area contributed by atoms with Gasteiger partial charge >= 0.3 is 5.97 Å². The van der Waals surface area contributed by atoms with Crippen molar-refractivity contribution in [1.29, 1.82) is 0 Å². The first-order valence-corrected chi connectivity index (χ1v) is 6.43. The Bertz CT molecular complexity index is 500. The first kappa shape index (κ1) is 13.6. The average molecular weight is 257 g/mol. The molecule has 0 aliphatic carbocycles. The number of carbonyl (C=O) groups is 1. The molecule has 3 heteroatoms. The molecule has 0 atom stereocenters. The number of carbonyl (C=O) groups excluding carboxylic acids is 1. The molecule has 0 amide bonds. The van der Waals surface area contributed by atoms with Gasteiger partial charge in [-0.15, -0.1) is 0 Å². The summed E-state index contributed by atoms with van der Waals surface area (Å²) in [7, 11) is 3.52. The Morgan fingerprint density at radius 1 is 1.26 bits per heavy atom. The van der Waals surface area contributed by atoms with Crippen molar-refractivity contribution in [3.05, 3.63) is 53.1 Å². The van der Waals surface area contributed by atoms with Gasteiger partial charge in [0, 0.05) is 13.1 Å². The fourth-order valence-corrected chi connectivity index (χ4v) is 1.99. The van der Waals surface area contributed by atoms with Crippen LogP contribution in [-0.2, 0) is 4.74 Å². The third kappa shape index (κ3) is 3.80. The van der Waals surface area contributed by atoms with Gasteiger partial charge in [-0.2, -0.15) is 0 Å². The summed E-state index contributed by atoms with van der Waals surface area (Å²) in [5.41, 5.74) is 3.04. The zero-order valence-electron chi connectivity index (χ0n) is 11.4. The van der Waals surface area contributed by atoms with E-state index in [0.717, 1.165) is 25.1 Å². The lowest BCUT2D eigenvalue weighted by Gasteiger charge is -2.20. The van der Waals surface area contributed by atoms with Gasteiger partial charge in [-0.25, -0.2) is 4.79 Å². The summed E-state index contributed by atoms with van der Waals surface area (Å²) in [4.78, 5) is 13.6. The molecule has 1 aliphatic rings. The average Bonchev–Trinajstić information content (AvgIpc) is 2.46. The van der Waals surface area contributed by atoms with Gasteiger partial charge in [0.15, 0.2) is 0 Å². The summed E-state index contributed by atoms with van der Waals surface area (Å²) in [6.07, 6.45) is 7.58. The van der Waals surface area contributed by atoms with Gasteiger partial charge in [-0.3, -0.25) is 0 Å². The van der Waals surface area contributed by atoms with E-state index in [2.05, 4.69) is 34.9 Å². The van der Waals surface area contributed by atoms with Crippen molar-refractivity contribution in [2.75, 3.05) is 27.2 Å². The summed E-state index contributed by atoms with van der Waals surface area (Å²) in [5.74, 6) is -0.298. The van der Waals surface area contributed by atoms with Gasteiger partial charge in [0.25, 0.3) is 0 Å². The summed E-state index contributed by atoms with van der Waals surface area (Å²) in [6.45, 7) is 2.12. The molecule has 0 aromatic heterocycles. The lowest BCUT2D eigenvalue weighted by atomic mass is 10.1. The van der Waals surface area contributed by atoms with Gasteiger partial charge in [0.2, 0.25) is 0 Å². The van der Waals surface area contributed by atoms with Crippen LogP contribution >= 0.6 is 0 Å². The van der Waals surface area contributed by atoms with Crippen LogP contribution in [0.2, 0.25) is 0 Å². The SMILES string of the molecule is COC(=O)c1ccc(C=CC2=CCN(C)CC2)cc1. The highest BCUT2D eigenvalue weighted by atomic mass is 16.5. The van der Waals surface area contributed by atoms with Crippen molar-refractivity contribution in [1.82, 2.24) is 4.90 Å². The molecule has 1 heterocycles. The Hall–Kier alpha value is -1.87. The van der Waals surface area contributed by atoms with E-state index < -0.39 is 0 Å². The van der Waals surface area contributed by atoms with Crippen molar-refractivity contribution >= 4 is 12.0 Å². The van der Waals surface area contributed by atoms with Crippen LogP contribution in [0.25, 0.3) is 6.08 Å². The maximum absolute atomic E-state index is 11.3. The number of benzene rings is 1. The van der Waals surface area contributed by atoms with Crippen LogP contribution in [0.3, 0.4) is 0 Å². The highest BCUT2D eigenvalue weighted by Crippen LogP contribution is 2.13. The van der Waals surface area contributed by atoms with E-state index >= 15 is 0 Å². The van der Waals surface area contributed by atoms with Crippen LogP contribution < -0.4 is 0 Å². The molecule has 3 nitrogen and oxygen atoms in total. The van der Waals surface area contributed by atoms with Crippen molar-refractivity contribution in [2.45, 2.75) is 6.42 Å². The number of esters is 1. The monoisotopic (exact) mass is 257 g/mol. The molecule has 1 aromatic carbocycles. The fraction of sp³-hybridized carbons (Fsp3) is 0.312. The maximum atomic E-state index is 11.3. The number of likely N-dealkylation sites (N-methyl/N-ethyl adjacent to an activating group) is 1. The summed E-state index contributed by atoms with van der Waals surface area (Å²) >= 11 is 0.